The summed E-state index contributed by atoms with van der Waals surface area (Å²) >= 11 is 5.36. The standard InChI is InChI=1S/C21H31N5OS/c1-16-7-6-8-18(13-16)20-23-24-21(28)26(20)12-9-19(27)22-14-17(2)15-25-10-4-3-5-11-25/h6-8,13,17H,3-5,9-12,14-15H2,1-2H3,(H,22,27)(H,24,28). The third-order valence-corrected chi connectivity index (χ3v) is 5.57. The summed E-state index contributed by atoms with van der Waals surface area (Å²) in [6.07, 6.45) is 4.34. The van der Waals surface area contributed by atoms with Gasteiger partial charge >= 0.3 is 0 Å². The first-order valence-electron chi connectivity index (χ1n) is 10.2. The van der Waals surface area contributed by atoms with Crippen LogP contribution in [0.2, 0.25) is 0 Å². The van der Waals surface area contributed by atoms with E-state index in [2.05, 4.69) is 33.4 Å². The molecule has 2 N–H and O–H groups in total. The fraction of sp³-hybridized carbons (Fsp3) is 0.571. The average Bonchev–Trinajstić information content (AvgIpc) is 3.06. The lowest BCUT2D eigenvalue weighted by atomic mass is 10.1. The van der Waals surface area contributed by atoms with Crippen LogP contribution in [0, 0.1) is 17.6 Å². The van der Waals surface area contributed by atoms with Crippen LogP contribution in [-0.2, 0) is 11.3 Å². The monoisotopic (exact) mass is 401 g/mol. The highest BCUT2D eigenvalue weighted by molar-refractivity contribution is 7.71. The zero-order valence-electron chi connectivity index (χ0n) is 16.9. The third kappa shape index (κ3) is 5.75. The van der Waals surface area contributed by atoms with Crippen molar-refractivity contribution in [1.82, 2.24) is 25.0 Å². The summed E-state index contributed by atoms with van der Waals surface area (Å²) in [6.45, 7) is 8.94. The van der Waals surface area contributed by atoms with E-state index >= 15 is 0 Å². The minimum Gasteiger partial charge on any atom is -0.356 e. The molecular formula is C21H31N5OS. The van der Waals surface area contributed by atoms with E-state index in [4.69, 9.17) is 12.2 Å². The molecule has 6 nitrogen and oxygen atoms in total. The van der Waals surface area contributed by atoms with Crippen molar-refractivity contribution in [2.24, 2.45) is 5.92 Å². The molecule has 1 saturated heterocycles. The molecule has 1 aromatic heterocycles. The molecule has 0 bridgehead atoms. The molecule has 1 unspecified atom stereocenters. The Labute approximate surface area is 172 Å². The molecule has 1 fully saturated rings. The quantitative estimate of drug-likeness (QED) is 0.664. The predicted molar refractivity (Wildman–Crippen MR) is 115 cm³/mol. The first-order valence-corrected chi connectivity index (χ1v) is 10.6. The highest BCUT2D eigenvalue weighted by Crippen LogP contribution is 2.19. The van der Waals surface area contributed by atoms with E-state index in [1.54, 1.807) is 0 Å². The highest BCUT2D eigenvalue weighted by Gasteiger charge is 2.15. The summed E-state index contributed by atoms with van der Waals surface area (Å²) in [7, 11) is 0. The van der Waals surface area contributed by atoms with Crippen LogP contribution < -0.4 is 5.32 Å². The number of piperidine rings is 1. The molecule has 1 amide bonds. The molecule has 152 valence electrons. The van der Waals surface area contributed by atoms with Gasteiger partial charge in [-0.3, -0.25) is 14.5 Å². The first-order chi connectivity index (χ1) is 13.5. The number of hydrogen-bond acceptors (Lipinski definition) is 4. The topological polar surface area (TPSA) is 66.0 Å². The van der Waals surface area contributed by atoms with Crippen molar-refractivity contribution in [2.45, 2.75) is 46.1 Å². The predicted octanol–water partition coefficient (Wildman–Crippen LogP) is 3.54. The Kier molecular flexibility index (Phi) is 7.39. The molecule has 1 aliphatic heterocycles. The second kappa shape index (κ2) is 9.98. The van der Waals surface area contributed by atoms with Gasteiger partial charge in [0.1, 0.15) is 0 Å². The van der Waals surface area contributed by atoms with Crippen molar-refractivity contribution in [1.29, 1.82) is 0 Å². The summed E-state index contributed by atoms with van der Waals surface area (Å²) in [5, 5.41) is 10.3. The lowest BCUT2D eigenvalue weighted by Gasteiger charge is -2.29. The molecule has 2 heterocycles. The van der Waals surface area contributed by atoms with Crippen LogP contribution in [-0.4, -0.2) is 51.8 Å². The largest absolute Gasteiger partial charge is 0.356 e. The summed E-state index contributed by atoms with van der Waals surface area (Å²) < 4.78 is 2.45. The number of carbonyl (C=O) groups excluding carboxylic acids is 1. The van der Waals surface area contributed by atoms with Gasteiger partial charge in [0.2, 0.25) is 5.91 Å². The van der Waals surface area contributed by atoms with Gasteiger partial charge in [0.25, 0.3) is 0 Å². The van der Waals surface area contributed by atoms with E-state index < -0.39 is 0 Å². The van der Waals surface area contributed by atoms with E-state index in [1.165, 1.54) is 37.9 Å². The van der Waals surface area contributed by atoms with Crippen LogP contribution in [0.15, 0.2) is 24.3 Å². The van der Waals surface area contributed by atoms with Crippen molar-refractivity contribution < 1.29 is 4.79 Å². The van der Waals surface area contributed by atoms with Crippen LogP contribution in [0.3, 0.4) is 0 Å². The maximum Gasteiger partial charge on any atom is 0.221 e. The van der Waals surface area contributed by atoms with Gasteiger partial charge in [-0.15, -0.1) is 0 Å². The van der Waals surface area contributed by atoms with Gasteiger partial charge in [0, 0.05) is 31.6 Å². The van der Waals surface area contributed by atoms with Crippen LogP contribution >= 0.6 is 12.2 Å². The molecule has 0 radical (unpaired) electrons. The number of aromatic amines is 1. The second-order valence-corrected chi connectivity index (χ2v) is 8.28. The molecule has 0 aliphatic carbocycles. The normalized spacial score (nSPS) is 16.1. The number of carbonyl (C=O) groups is 1. The number of rotatable bonds is 8. The molecule has 1 aromatic carbocycles. The molecule has 1 atom stereocenters. The SMILES string of the molecule is Cc1cccc(-c2n[nH]c(=S)n2CCC(=O)NCC(C)CN2CCCCC2)c1. The number of H-pyrrole nitrogens is 1. The summed E-state index contributed by atoms with van der Waals surface area (Å²) in [6, 6.07) is 8.14. The Morgan fingerprint density at radius 1 is 1.32 bits per heavy atom. The summed E-state index contributed by atoms with van der Waals surface area (Å²) in [4.78, 5) is 14.9. The zero-order valence-corrected chi connectivity index (χ0v) is 17.7. The number of amides is 1. The Morgan fingerprint density at radius 2 is 2.11 bits per heavy atom. The second-order valence-electron chi connectivity index (χ2n) is 7.89. The number of aryl methyl sites for hydroxylation is 1. The van der Waals surface area contributed by atoms with Crippen LogP contribution in [0.4, 0.5) is 0 Å². The molecule has 2 aromatic rings. The third-order valence-electron chi connectivity index (χ3n) is 5.26. The van der Waals surface area contributed by atoms with Crippen molar-refractivity contribution >= 4 is 18.1 Å². The Bertz CT molecular complexity index is 837. The molecule has 0 saturated carbocycles. The van der Waals surface area contributed by atoms with Crippen LogP contribution in [0.25, 0.3) is 11.4 Å². The smallest absolute Gasteiger partial charge is 0.221 e. The number of nitrogens with zero attached hydrogens (tertiary/aromatic N) is 3. The molecule has 7 heteroatoms. The number of hydrogen-bond donors (Lipinski definition) is 2. The number of benzene rings is 1. The maximum absolute atomic E-state index is 12.3. The van der Waals surface area contributed by atoms with Crippen LogP contribution in [0.5, 0.6) is 0 Å². The van der Waals surface area contributed by atoms with E-state index in [9.17, 15) is 4.79 Å². The van der Waals surface area contributed by atoms with E-state index in [0.29, 0.717) is 23.7 Å². The van der Waals surface area contributed by atoms with E-state index in [0.717, 1.165) is 24.5 Å². The van der Waals surface area contributed by atoms with Gasteiger partial charge < -0.3 is 10.2 Å². The summed E-state index contributed by atoms with van der Waals surface area (Å²) in [5.41, 5.74) is 2.17. The van der Waals surface area contributed by atoms with Gasteiger partial charge in [-0.05, 0) is 57.1 Å². The Balaban J connectivity index is 1.49. The van der Waals surface area contributed by atoms with E-state index in [1.807, 2.05) is 29.7 Å². The van der Waals surface area contributed by atoms with Gasteiger partial charge in [-0.1, -0.05) is 37.1 Å². The molecule has 0 spiro atoms. The number of aromatic nitrogens is 3. The fourth-order valence-electron chi connectivity index (χ4n) is 3.77. The molecule has 28 heavy (non-hydrogen) atoms. The minimum atomic E-state index is 0.0591. The van der Waals surface area contributed by atoms with Gasteiger partial charge in [0.15, 0.2) is 10.6 Å². The molecule has 1 aliphatic rings. The van der Waals surface area contributed by atoms with Crippen molar-refractivity contribution in [3.63, 3.8) is 0 Å². The number of likely N-dealkylation sites (tertiary alicyclic amines) is 1. The van der Waals surface area contributed by atoms with Crippen molar-refractivity contribution in [3.05, 3.63) is 34.6 Å². The zero-order chi connectivity index (χ0) is 19.9. The van der Waals surface area contributed by atoms with E-state index in [-0.39, 0.29) is 5.91 Å². The maximum atomic E-state index is 12.3. The fourth-order valence-corrected chi connectivity index (χ4v) is 3.99. The highest BCUT2D eigenvalue weighted by atomic mass is 32.1. The Hall–Kier alpha value is -1.99. The van der Waals surface area contributed by atoms with Gasteiger partial charge in [0.05, 0.1) is 0 Å². The van der Waals surface area contributed by atoms with Gasteiger partial charge in [-0.25, -0.2) is 0 Å². The number of nitrogens with one attached hydrogen (secondary N) is 2. The molecule has 3 rings (SSSR count). The van der Waals surface area contributed by atoms with Crippen LogP contribution in [0.1, 0.15) is 38.2 Å². The van der Waals surface area contributed by atoms with Crippen molar-refractivity contribution in [2.75, 3.05) is 26.2 Å². The minimum absolute atomic E-state index is 0.0591. The lowest BCUT2D eigenvalue weighted by Crippen LogP contribution is -2.38. The summed E-state index contributed by atoms with van der Waals surface area (Å²) in [5.74, 6) is 1.30. The average molecular weight is 402 g/mol. The van der Waals surface area contributed by atoms with Gasteiger partial charge in [-0.2, -0.15) is 5.10 Å². The lowest BCUT2D eigenvalue weighted by molar-refractivity contribution is -0.121. The Morgan fingerprint density at radius 3 is 2.86 bits per heavy atom. The van der Waals surface area contributed by atoms with Crippen molar-refractivity contribution in [3.8, 4) is 11.4 Å². The molecular weight excluding hydrogens is 370 g/mol. The first kappa shape index (κ1) is 20.7.